The van der Waals surface area contributed by atoms with Crippen LogP contribution in [0.5, 0.6) is 0 Å². The van der Waals surface area contributed by atoms with E-state index in [4.69, 9.17) is 27.9 Å². The molecule has 3 aromatic rings. The molecule has 0 saturated heterocycles. The molecule has 7 heteroatoms. The van der Waals surface area contributed by atoms with E-state index in [1.54, 1.807) is 6.07 Å². The molecule has 0 bridgehead atoms. The summed E-state index contributed by atoms with van der Waals surface area (Å²) < 4.78 is 4.98. The van der Waals surface area contributed by atoms with Crippen molar-refractivity contribution in [3.63, 3.8) is 0 Å². The molecule has 0 unspecified atom stereocenters. The van der Waals surface area contributed by atoms with Gasteiger partial charge in [0.2, 0.25) is 0 Å². The molecule has 0 radical (unpaired) electrons. The predicted molar refractivity (Wildman–Crippen MR) is 97.1 cm³/mol. The topological polar surface area (TPSA) is 68.3 Å². The van der Waals surface area contributed by atoms with E-state index in [-0.39, 0.29) is 15.7 Å². The second-order valence-corrected chi connectivity index (χ2v) is 5.91. The van der Waals surface area contributed by atoms with E-state index in [0.29, 0.717) is 5.69 Å². The van der Waals surface area contributed by atoms with Gasteiger partial charge in [0, 0.05) is 17.3 Å². The van der Waals surface area contributed by atoms with Crippen LogP contribution in [0.15, 0.2) is 54.7 Å². The summed E-state index contributed by atoms with van der Waals surface area (Å²) in [5, 5.41) is 4.86. The van der Waals surface area contributed by atoms with Crippen LogP contribution < -0.4 is 5.32 Å². The highest BCUT2D eigenvalue weighted by Crippen LogP contribution is 2.23. The number of fused-ring (bicyclic) bond motifs is 1. The van der Waals surface area contributed by atoms with Crippen molar-refractivity contribution in [1.82, 2.24) is 4.98 Å². The van der Waals surface area contributed by atoms with Gasteiger partial charge < -0.3 is 10.1 Å². The number of rotatable bonds is 4. The molecule has 126 valence electrons. The summed E-state index contributed by atoms with van der Waals surface area (Å²) in [4.78, 5) is 27.8. The lowest BCUT2D eigenvalue weighted by Crippen LogP contribution is -2.21. The normalized spacial score (nSPS) is 10.5. The van der Waals surface area contributed by atoms with Crippen LogP contribution in [0.2, 0.25) is 10.2 Å². The number of hydrogen-bond acceptors (Lipinski definition) is 4. The highest BCUT2D eigenvalue weighted by Gasteiger charge is 2.13. The summed E-state index contributed by atoms with van der Waals surface area (Å²) in [5.74, 6) is -1.16. The quantitative estimate of drug-likeness (QED) is 0.544. The molecule has 5 nitrogen and oxygen atoms in total. The predicted octanol–water partition coefficient (Wildman–Crippen LogP) is 4.34. The van der Waals surface area contributed by atoms with Crippen LogP contribution >= 0.6 is 23.2 Å². The number of halogens is 2. The smallest absolute Gasteiger partial charge is 0.340 e. The van der Waals surface area contributed by atoms with E-state index in [0.717, 1.165) is 10.8 Å². The summed E-state index contributed by atoms with van der Waals surface area (Å²) in [5.41, 5.74) is 0.766. The molecule has 0 aliphatic carbocycles. The zero-order valence-corrected chi connectivity index (χ0v) is 14.3. The summed E-state index contributed by atoms with van der Waals surface area (Å²) in [6, 6.07) is 14.6. The minimum atomic E-state index is -0.709. The third-order valence-electron chi connectivity index (χ3n) is 3.43. The number of pyridine rings is 1. The monoisotopic (exact) mass is 374 g/mol. The second kappa shape index (κ2) is 7.51. The first-order valence-corrected chi connectivity index (χ1v) is 8.06. The number of carbonyl (C=O) groups excluding carboxylic acids is 2. The van der Waals surface area contributed by atoms with Crippen molar-refractivity contribution >= 4 is 51.5 Å². The average molecular weight is 375 g/mol. The Kier molecular flexibility index (Phi) is 5.16. The van der Waals surface area contributed by atoms with E-state index in [1.807, 2.05) is 36.4 Å². The van der Waals surface area contributed by atoms with Gasteiger partial charge in [-0.05, 0) is 17.5 Å². The van der Waals surface area contributed by atoms with Crippen LogP contribution in [0.1, 0.15) is 10.4 Å². The van der Waals surface area contributed by atoms with Gasteiger partial charge in [-0.15, -0.1) is 0 Å². The van der Waals surface area contributed by atoms with Crippen LogP contribution in [0.25, 0.3) is 10.8 Å². The second-order valence-electron chi connectivity index (χ2n) is 5.15. The number of nitrogens with one attached hydrogen (secondary N) is 1. The van der Waals surface area contributed by atoms with Crippen LogP contribution in [0, 0.1) is 0 Å². The van der Waals surface area contributed by atoms with Crippen LogP contribution in [0.4, 0.5) is 5.69 Å². The lowest BCUT2D eigenvalue weighted by molar-refractivity contribution is -0.119. The van der Waals surface area contributed by atoms with Crippen molar-refractivity contribution in [1.29, 1.82) is 0 Å². The Hall–Kier alpha value is -2.63. The Balaban J connectivity index is 1.64. The molecule has 1 heterocycles. The third-order valence-corrected chi connectivity index (χ3v) is 4.12. The van der Waals surface area contributed by atoms with Gasteiger partial charge in [-0.2, -0.15) is 0 Å². The fraction of sp³-hybridized carbons (Fsp3) is 0.0556. The average Bonchev–Trinajstić information content (AvgIpc) is 2.62. The van der Waals surface area contributed by atoms with E-state index >= 15 is 0 Å². The highest BCUT2D eigenvalue weighted by atomic mass is 35.5. The van der Waals surface area contributed by atoms with Crippen molar-refractivity contribution in [3.8, 4) is 0 Å². The summed E-state index contributed by atoms with van der Waals surface area (Å²) in [6.07, 6.45) is 1.24. The highest BCUT2D eigenvalue weighted by molar-refractivity contribution is 6.41. The van der Waals surface area contributed by atoms with Crippen LogP contribution in [-0.4, -0.2) is 23.5 Å². The first-order valence-electron chi connectivity index (χ1n) is 7.30. The number of anilines is 1. The molecule has 1 amide bonds. The molecule has 0 fully saturated rings. The largest absolute Gasteiger partial charge is 0.452 e. The van der Waals surface area contributed by atoms with Gasteiger partial charge in [-0.3, -0.25) is 4.79 Å². The SMILES string of the molecule is O=C(COC(=O)c1cnc(Cl)c(Cl)c1)Nc1cccc2ccccc12. The molecule has 0 aliphatic heterocycles. The Morgan fingerprint density at radius 1 is 1.08 bits per heavy atom. The number of hydrogen-bond donors (Lipinski definition) is 1. The molecule has 0 saturated carbocycles. The zero-order valence-electron chi connectivity index (χ0n) is 12.8. The van der Waals surface area contributed by atoms with E-state index < -0.39 is 18.5 Å². The molecule has 1 N–H and O–H groups in total. The first-order chi connectivity index (χ1) is 12.0. The molecule has 25 heavy (non-hydrogen) atoms. The maximum atomic E-state index is 12.1. The summed E-state index contributed by atoms with van der Waals surface area (Å²) in [7, 11) is 0. The number of carbonyl (C=O) groups is 2. The molecule has 0 spiro atoms. The Labute approximate surface area is 153 Å². The first kappa shape index (κ1) is 17.2. The van der Waals surface area contributed by atoms with Crippen molar-refractivity contribution in [2.24, 2.45) is 0 Å². The Morgan fingerprint density at radius 2 is 1.84 bits per heavy atom. The molecule has 1 aromatic heterocycles. The maximum Gasteiger partial charge on any atom is 0.340 e. The van der Waals surface area contributed by atoms with Crippen LogP contribution in [0.3, 0.4) is 0 Å². The van der Waals surface area contributed by atoms with Crippen molar-refractivity contribution < 1.29 is 14.3 Å². The number of nitrogens with zero attached hydrogens (tertiary/aromatic N) is 1. The zero-order chi connectivity index (χ0) is 17.8. The van der Waals surface area contributed by atoms with Crippen LogP contribution in [-0.2, 0) is 9.53 Å². The number of esters is 1. The van der Waals surface area contributed by atoms with Gasteiger partial charge in [-0.1, -0.05) is 59.6 Å². The van der Waals surface area contributed by atoms with Gasteiger partial charge in [0.15, 0.2) is 6.61 Å². The number of ether oxygens (including phenoxy) is 1. The van der Waals surface area contributed by atoms with Crippen molar-refractivity contribution in [2.75, 3.05) is 11.9 Å². The van der Waals surface area contributed by atoms with Gasteiger partial charge >= 0.3 is 5.97 Å². The fourth-order valence-corrected chi connectivity index (χ4v) is 2.54. The lowest BCUT2D eigenvalue weighted by atomic mass is 10.1. The number of amides is 1. The van der Waals surface area contributed by atoms with Gasteiger partial charge in [0.25, 0.3) is 5.91 Å². The third kappa shape index (κ3) is 4.07. The maximum absolute atomic E-state index is 12.1. The lowest BCUT2D eigenvalue weighted by Gasteiger charge is -2.09. The van der Waals surface area contributed by atoms with E-state index in [2.05, 4.69) is 10.3 Å². The number of benzene rings is 2. The van der Waals surface area contributed by atoms with Crippen molar-refractivity contribution in [3.05, 3.63) is 70.5 Å². The van der Waals surface area contributed by atoms with Crippen molar-refractivity contribution in [2.45, 2.75) is 0 Å². The molecular formula is C18H12Cl2N2O3. The van der Waals surface area contributed by atoms with Gasteiger partial charge in [-0.25, -0.2) is 9.78 Å². The molecule has 2 aromatic carbocycles. The fourth-order valence-electron chi connectivity index (χ4n) is 2.27. The summed E-state index contributed by atoms with van der Waals surface area (Å²) in [6.45, 7) is -0.428. The Bertz CT molecular complexity index is 955. The minimum Gasteiger partial charge on any atom is -0.452 e. The molecule has 0 aliphatic rings. The summed E-state index contributed by atoms with van der Waals surface area (Å²) >= 11 is 11.5. The molecule has 0 atom stereocenters. The van der Waals surface area contributed by atoms with Gasteiger partial charge in [0.1, 0.15) is 5.15 Å². The molecule has 3 rings (SSSR count). The van der Waals surface area contributed by atoms with E-state index in [1.165, 1.54) is 12.3 Å². The standard InChI is InChI=1S/C18H12Cl2N2O3/c19-14-8-12(9-21-17(14)20)18(24)25-10-16(23)22-15-7-3-5-11-4-1-2-6-13(11)15/h1-9H,10H2,(H,22,23). The Morgan fingerprint density at radius 3 is 2.64 bits per heavy atom. The van der Waals surface area contributed by atoms with Gasteiger partial charge in [0.05, 0.1) is 10.6 Å². The minimum absolute atomic E-state index is 0.0897. The number of aromatic nitrogens is 1. The van der Waals surface area contributed by atoms with E-state index in [9.17, 15) is 9.59 Å². The molecular weight excluding hydrogens is 363 g/mol.